The van der Waals surface area contributed by atoms with Crippen LogP contribution in [-0.4, -0.2) is 30.9 Å². The summed E-state index contributed by atoms with van der Waals surface area (Å²) in [7, 11) is 0. The van der Waals surface area contributed by atoms with Crippen LogP contribution in [0.5, 0.6) is 0 Å². The van der Waals surface area contributed by atoms with Crippen LogP contribution in [0.3, 0.4) is 0 Å². The average molecular weight is 368 g/mol. The standard InChI is InChI=1S/C16H12N6O3S/c23-14(18-9-3-4-12-13(6-9)20-21-19-12)11-7-17-16(25)22(15(11)24)8-10-2-1-5-26-10/h1-7H,8H2,(H,17,25)(H,18,23)(H,19,20,21). The van der Waals surface area contributed by atoms with E-state index in [1.807, 2.05) is 17.5 Å². The summed E-state index contributed by atoms with van der Waals surface area (Å²) in [6.45, 7) is 0.109. The first kappa shape index (κ1) is 16.0. The van der Waals surface area contributed by atoms with Crippen molar-refractivity contribution in [2.24, 2.45) is 0 Å². The zero-order chi connectivity index (χ0) is 18.1. The van der Waals surface area contributed by atoms with Crippen molar-refractivity contribution in [3.63, 3.8) is 0 Å². The van der Waals surface area contributed by atoms with E-state index in [-0.39, 0.29) is 12.1 Å². The second-order valence-corrected chi connectivity index (χ2v) is 6.49. The fraction of sp³-hybridized carbons (Fsp3) is 0.0625. The Labute approximate surface area is 149 Å². The molecule has 0 saturated carbocycles. The number of hydrogen-bond acceptors (Lipinski definition) is 6. The number of aromatic amines is 2. The van der Waals surface area contributed by atoms with Crippen molar-refractivity contribution in [3.05, 3.63) is 73.2 Å². The number of carbonyl (C=O) groups excluding carboxylic acids is 1. The Balaban J connectivity index is 1.65. The van der Waals surface area contributed by atoms with E-state index in [1.54, 1.807) is 18.2 Å². The number of nitrogens with zero attached hydrogens (tertiary/aromatic N) is 3. The Bertz CT molecular complexity index is 1200. The lowest BCUT2D eigenvalue weighted by atomic mass is 10.2. The van der Waals surface area contributed by atoms with Crippen LogP contribution in [0.15, 0.2) is 51.5 Å². The maximum Gasteiger partial charge on any atom is 0.328 e. The molecule has 4 aromatic rings. The highest BCUT2D eigenvalue weighted by molar-refractivity contribution is 7.09. The van der Waals surface area contributed by atoms with E-state index < -0.39 is 17.2 Å². The molecule has 0 bridgehead atoms. The Morgan fingerprint density at radius 1 is 1.19 bits per heavy atom. The van der Waals surface area contributed by atoms with Gasteiger partial charge in [0.05, 0.1) is 6.54 Å². The van der Waals surface area contributed by atoms with Gasteiger partial charge in [-0.25, -0.2) is 4.79 Å². The predicted molar refractivity (Wildman–Crippen MR) is 96.6 cm³/mol. The average Bonchev–Trinajstić information content (AvgIpc) is 3.29. The molecule has 1 aromatic carbocycles. The molecule has 0 spiro atoms. The number of amides is 1. The number of H-pyrrole nitrogens is 2. The molecule has 9 nitrogen and oxygen atoms in total. The predicted octanol–water partition coefficient (Wildman–Crippen LogP) is 1.17. The van der Waals surface area contributed by atoms with E-state index in [2.05, 4.69) is 25.7 Å². The van der Waals surface area contributed by atoms with E-state index in [0.29, 0.717) is 16.7 Å². The molecule has 0 saturated heterocycles. The fourth-order valence-electron chi connectivity index (χ4n) is 2.49. The highest BCUT2D eigenvalue weighted by Gasteiger charge is 2.16. The van der Waals surface area contributed by atoms with Crippen LogP contribution in [0.4, 0.5) is 5.69 Å². The van der Waals surface area contributed by atoms with Crippen LogP contribution in [0, 0.1) is 0 Å². The van der Waals surface area contributed by atoms with E-state index in [1.165, 1.54) is 11.3 Å². The smallest absolute Gasteiger partial charge is 0.322 e. The highest BCUT2D eigenvalue weighted by atomic mass is 32.1. The van der Waals surface area contributed by atoms with E-state index >= 15 is 0 Å². The number of hydrogen-bond donors (Lipinski definition) is 3. The van der Waals surface area contributed by atoms with Gasteiger partial charge in [0, 0.05) is 16.8 Å². The van der Waals surface area contributed by atoms with Gasteiger partial charge in [0.15, 0.2) is 0 Å². The molecule has 26 heavy (non-hydrogen) atoms. The molecule has 3 aromatic heterocycles. The zero-order valence-electron chi connectivity index (χ0n) is 13.2. The molecule has 10 heteroatoms. The molecule has 0 aliphatic carbocycles. The van der Waals surface area contributed by atoms with Gasteiger partial charge in [0.25, 0.3) is 11.5 Å². The molecule has 3 heterocycles. The van der Waals surface area contributed by atoms with E-state index in [0.717, 1.165) is 15.6 Å². The molecule has 0 aliphatic rings. The summed E-state index contributed by atoms with van der Waals surface area (Å²) in [5.41, 5.74) is 0.337. The molecule has 4 rings (SSSR count). The minimum atomic E-state index is -0.651. The van der Waals surface area contributed by atoms with Crippen LogP contribution in [0.1, 0.15) is 15.2 Å². The first-order chi connectivity index (χ1) is 12.6. The lowest BCUT2D eigenvalue weighted by Crippen LogP contribution is -2.39. The number of benzene rings is 1. The monoisotopic (exact) mass is 368 g/mol. The minimum absolute atomic E-state index is 0.109. The molecule has 0 radical (unpaired) electrons. The minimum Gasteiger partial charge on any atom is -0.322 e. The van der Waals surface area contributed by atoms with Gasteiger partial charge in [-0.2, -0.15) is 15.4 Å². The largest absolute Gasteiger partial charge is 0.328 e. The molecule has 0 aliphatic heterocycles. The molecular weight excluding hydrogens is 356 g/mol. The quantitative estimate of drug-likeness (QED) is 0.498. The van der Waals surface area contributed by atoms with Gasteiger partial charge < -0.3 is 10.3 Å². The Morgan fingerprint density at radius 3 is 2.85 bits per heavy atom. The van der Waals surface area contributed by atoms with Gasteiger partial charge in [0.2, 0.25) is 0 Å². The van der Waals surface area contributed by atoms with Crippen LogP contribution < -0.4 is 16.6 Å². The Morgan fingerprint density at radius 2 is 2.04 bits per heavy atom. The Hall–Kier alpha value is -3.53. The van der Waals surface area contributed by atoms with E-state index in [9.17, 15) is 14.4 Å². The summed E-state index contributed by atoms with van der Waals surface area (Å²) >= 11 is 1.43. The van der Waals surface area contributed by atoms with Crippen molar-refractivity contribution in [2.45, 2.75) is 6.54 Å². The molecule has 130 valence electrons. The SMILES string of the molecule is O=C(Nc1ccc2n[nH]nc2c1)c1c[nH]c(=O)n(Cc2cccs2)c1=O. The summed E-state index contributed by atoms with van der Waals surface area (Å²) in [4.78, 5) is 40.3. The first-order valence-corrected chi connectivity index (χ1v) is 8.46. The third-order valence-corrected chi connectivity index (χ3v) is 4.63. The number of nitrogens with one attached hydrogen (secondary N) is 3. The third-order valence-electron chi connectivity index (χ3n) is 3.77. The maximum atomic E-state index is 12.6. The number of fused-ring (bicyclic) bond motifs is 1. The number of aromatic nitrogens is 5. The summed E-state index contributed by atoms with van der Waals surface area (Å²) < 4.78 is 1.00. The molecule has 0 atom stereocenters. The third kappa shape index (κ3) is 2.93. The maximum absolute atomic E-state index is 12.6. The van der Waals surface area contributed by atoms with Crippen molar-refractivity contribution >= 4 is 34.0 Å². The topological polar surface area (TPSA) is 126 Å². The molecule has 0 unspecified atom stereocenters. The van der Waals surface area contributed by atoms with Crippen molar-refractivity contribution in [2.75, 3.05) is 5.32 Å². The van der Waals surface area contributed by atoms with E-state index in [4.69, 9.17) is 0 Å². The normalized spacial score (nSPS) is 10.9. The van der Waals surface area contributed by atoms with Gasteiger partial charge in [-0.05, 0) is 29.6 Å². The van der Waals surface area contributed by atoms with Gasteiger partial charge in [-0.3, -0.25) is 14.2 Å². The lowest BCUT2D eigenvalue weighted by Gasteiger charge is -2.07. The second kappa shape index (κ2) is 6.41. The molecular formula is C16H12N6O3S. The second-order valence-electron chi connectivity index (χ2n) is 5.46. The molecule has 1 amide bonds. The van der Waals surface area contributed by atoms with Gasteiger partial charge in [0.1, 0.15) is 16.6 Å². The summed E-state index contributed by atoms with van der Waals surface area (Å²) in [6, 6.07) is 8.62. The molecule has 3 N–H and O–H groups in total. The number of carbonyl (C=O) groups is 1. The number of anilines is 1. The summed E-state index contributed by atoms with van der Waals surface area (Å²) in [5, 5.41) is 14.8. The van der Waals surface area contributed by atoms with Gasteiger partial charge >= 0.3 is 5.69 Å². The first-order valence-electron chi connectivity index (χ1n) is 7.58. The van der Waals surface area contributed by atoms with Crippen molar-refractivity contribution in [1.29, 1.82) is 0 Å². The van der Waals surface area contributed by atoms with Crippen LogP contribution in [-0.2, 0) is 6.54 Å². The number of thiophene rings is 1. The van der Waals surface area contributed by atoms with Crippen LogP contribution in [0.25, 0.3) is 11.0 Å². The Kier molecular flexibility index (Phi) is 3.93. The lowest BCUT2D eigenvalue weighted by molar-refractivity contribution is 0.102. The van der Waals surface area contributed by atoms with Crippen molar-refractivity contribution < 1.29 is 4.79 Å². The van der Waals surface area contributed by atoms with Gasteiger partial charge in [-0.1, -0.05) is 6.07 Å². The van der Waals surface area contributed by atoms with Crippen LogP contribution in [0.2, 0.25) is 0 Å². The summed E-state index contributed by atoms with van der Waals surface area (Å²) in [6.07, 6.45) is 1.12. The number of rotatable bonds is 4. The van der Waals surface area contributed by atoms with Gasteiger partial charge in [-0.15, -0.1) is 11.3 Å². The van der Waals surface area contributed by atoms with Crippen molar-refractivity contribution in [1.82, 2.24) is 25.0 Å². The van der Waals surface area contributed by atoms with Crippen LogP contribution >= 0.6 is 11.3 Å². The summed E-state index contributed by atoms with van der Waals surface area (Å²) in [5.74, 6) is -0.617. The van der Waals surface area contributed by atoms with Crippen molar-refractivity contribution in [3.8, 4) is 0 Å². The molecule has 0 fully saturated rings. The zero-order valence-corrected chi connectivity index (χ0v) is 14.0. The highest BCUT2D eigenvalue weighted by Crippen LogP contribution is 2.15. The fourth-order valence-corrected chi connectivity index (χ4v) is 3.18.